The highest BCUT2D eigenvalue weighted by Crippen LogP contribution is 2.66. The Balaban J connectivity index is 1.31. The molecule has 4 aliphatic carbocycles. The number of fused-ring (bicyclic) bond motifs is 5. The number of rotatable bonds is 6. The summed E-state index contributed by atoms with van der Waals surface area (Å²) < 4.78 is 5.98. The molecule has 0 radical (unpaired) electrons. The third-order valence-corrected chi connectivity index (χ3v) is 11.3. The Kier molecular flexibility index (Phi) is 7.33. The summed E-state index contributed by atoms with van der Waals surface area (Å²) in [5.74, 6) is 3.97. The van der Waals surface area contributed by atoms with Crippen LogP contribution in [0.5, 0.6) is 0 Å². The Morgan fingerprint density at radius 3 is 2.41 bits per heavy atom. The molecule has 0 spiro atoms. The predicted molar refractivity (Wildman–Crippen MR) is 153 cm³/mol. The van der Waals surface area contributed by atoms with Gasteiger partial charge < -0.3 is 4.74 Å². The molecule has 0 aromatic heterocycles. The molecule has 0 bridgehead atoms. The molecule has 3 saturated carbocycles. The largest absolute Gasteiger partial charge is 0.458 e. The number of carbonyl (C=O) groups is 1. The second kappa shape index (κ2) is 10.2. The first-order chi connectivity index (χ1) is 17.6. The van der Waals surface area contributed by atoms with Gasteiger partial charge in [0.2, 0.25) is 0 Å². The van der Waals surface area contributed by atoms with Crippen LogP contribution >= 0.6 is 0 Å². The lowest BCUT2D eigenvalue weighted by Crippen LogP contribution is -2.46. The molecule has 0 N–H and O–H groups in total. The predicted octanol–water partition coefficient (Wildman–Crippen LogP) is 9.20. The van der Waals surface area contributed by atoms with Gasteiger partial charge in [0.1, 0.15) is 6.10 Å². The van der Waals surface area contributed by atoms with Gasteiger partial charge in [0.15, 0.2) is 0 Å². The van der Waals surface area contributed by atoms with Crippen LogP contribution in [-0.2, 0) is 4.74 Å². The number of carbonyl (C=O) groups excluding carboxylic acids is 1. The van der Waals surface area contributed by atoms with Crippen molar-refractivity contribution in [2.45, 2.75) is 92.6 Å². The molecule has 0 heterocycles. The van der Waals surface area contributed by atoms with Crippen LogP contribution < -0.4 is 0 Å². The van der Waals surface area contributed by atoms with E-state index >= 15 is 0 Å². The first-order valence-electron chi connectivity index (χ1n) is 15.0. The summed E-state index contributed by atoms with van der Waals surface area (Å²) in [6, 6.07) is 9.43. The summed E-state index contributed by atoms with van der Waals surface area (Å²) in [7, 11) is 0. The Morgan fingerprint density at radius 2 is 1.68 bits per heavy atom. The molecule has 0 amide bonds. The zero-order valence-corrected chi connectivity index (χ0v) is 24.0. The SMILES string of the molecule is CC(C)[C@H](C)/C=C/[C@H](C)[C@@H]1CC[C@@H]2C3=CC=C4C[C@H](OC(=O)c5ccccc5)CC[C@]4(C)[C@@H]3CC[C@@]21C. The van der Waals surface area contributed by atoms with Crippen LogP contribution in [-0.4, -0.2) is 12.1 Å². The summed E-state index contributed by atoms with van der Waals surface area (Å²) in [6.45, 7) is 14.6. The van der Waals surface area contributed by atoms with Gasteiger partial charge in [-0.3, -0.25) is 0 Å². The summed E-state index contributed by atoms with van der Waals surface area (Å²) >= 11 is 0. The molecule has 1 aromatic carbocycles. The first-order valence-corrected chi connectivity index (χ1v) is 15.0. The lowest BCUT2D eigenvalue weighted by atomic mass is 9.50. The van der Waals surface area contributed by atoms with Crippen molar-refractivity contribution >= 4 is 5.97 Å². The van der Waals surface area contributed by atoms with Gasteiger partial charge in [-0.05, 0) is 97.0 Å². The van der Waals surface area contributed by atoms with Crippen molar-refractivity contribution < 1.29 is 9.53 Å². The number of hydrogen-bond acceptors (Lipinski definition) is 2. The van der Waals surface area contributed by atoms with E-state index in [4.69, 9.17) is 4.74 Å². The Hall–Kier alpha value is -2.09. The molecule has 37 heavy (non-hydrogen) atoms. The number of ether oxygens (including phenoxy) is 1. The standard InChI is InChI=1S/C35H48O2/c1-23(2)24(3)12-13-25(4)30-16-17-31-29-15-14-27-22-28(37-33(36)26-10-8-7-9-11-26)18-20-34(27,5)32(29)19-21-35(30,31)6/h7-15,23-25,28,30-32H,16-22H2,1-6H3/b13-12+/t24-,25+,28-,30+,31-,32-,34+,35-/m1/s1. The maximum absolute atomic E-state index is 12.7. The van der Waals surface area contributed by atoms with Gasteiger partial charge in [-0.1, -0.05) is 95.2 Å². The summed E-state index contributed by atoms with van der Waals surface area (Å²) in [6.07, 6.45) is 18.3. The molecule has 2 heteroatoms. The molecule has 3 fully saturated rings. The molecule has 1 aromatic rings. The van der Waals surface area contributed by atoms with E-state index in [1.165, 1.54) is 31.3 Å². The topological polar surface area (TPSA) is 26.3 Å². The Bertz CT molecular complexity index is 1080. The normalized spacial score (nSPS) is 36.7. The highest BCUT2D eigenvalue weighted by molar-refractivity contribution is 5.89. The molecule has 5 rings (SSSR count). The van der Waals surface area contributed by atoms with Crippen molar-refractivity contribution in [2.24, 2.45) is 46.3 Å². The molecule has 8 atom stereocenters. The second-order valence-electron chi connectivity index (χ2n) is 13.6. The zero-order valence-electron chi connectivity index (χ0n) is 24.0. The third-order valence-electron chi connectivity index (χ3n) is 11.3. The number of hydrogen-bond donors (Lipinski definition) is 0. The lowest BCUT2D eigenvalue weighted by molar-refractivity contribution is 0.00691. The summed E-state index contributed by atoms with van der Waals surface area (Å²) in [5.41, 5.74) is 4.54. The molecular formula is C35H48O2. The molecule has 4 aliphatic rings. The molecule has 0 saturated heterocycles. The van der Waals surface area contributed by atoms with Crippen LogP contribution in [0.15, 0.2) is 65.8 Å². The fraction of sp³-hybridized carbons (Fsp3) is 0.629. The smallest absolute Gasteiger partial charge is 0.338 e. The first kappa shape index (κ1) is 26.5. The fourth-order valence-electron chi connectivity index (χ4n) is 8.47. The van der Waals surface area contributed by atoms with E-state index in [1.807, 2.05) is 30.3 Å². The van der Waals surface area contributed by atoms with E-state index in [9.17, 15) is 4.79 Å². The van der Waals surface area contributed by atoms with Crippen molar-refractivity contribution in [1.29, 1.82) is 0 Å². The maximum atomic E-state index is 12.7. The summed E-state index contributed by atoms with van der Waals surface area (Å²) in [5, 5.41) is 0. The quantitative estimate of drug-likeness (QED) is 0.287. The van der Waals surface area contributed by atoms with Gasteiger partial charge in [0.25, 0.3) is 0 Å². The number of esters is 1. The second-order valence-corrected chi connectivity index (χ2v) is 13.6. The van der Waals surface area contributed by atoms with Gasteiger partial charge in [0.05, 0.1) is 5.56 Å². The Labute approximate surface area is 225 Å². The highest BCUT2D eigenvalue weighted by Gasteiger charge is 2.57. The average molecular weight is 501 g/mol. The van der Waals surface area contributed by atoms with Crippen LogP contribution in [0.25, 0.3) is 0 Å². The van der Waals surface area contributed by atoms with Crippen LogP contribution in [0, 0.1) is 46.3 Å². The van der Waals surface area contributed by atoms with Crippen LogP contribution in [0.4, 0.5) is 0 Å². The third kappa shape index (κ3) is 4.79. The molecule has 0 unspecified atom stereocenters. The van der Waals surface area contributed by atoms with Gasteiger partial charge >= 0.3 is 5.97 Å². The van der Waals surface area contributed by atoms with Gasteiger partial charge in [-0.25, -0.2) is 4.79 Å². The van der Waals surface area contributed by atoms with E-state index in [1.54, 1.807) is 5.57 Å². The van der Waals surface area contributed by atoms with Crippen LogP contribution in [0.1, 0.15) is 96.8 Å². The van der Waals surface area contributed by atoms with E-state index in [-0.39, 0.29) is 17.5 Å². The van der Waals surface area contributed by atoms with Crippen LogP contribution in [0.2, 0.25) is 0 Å². The molecule has 0 aliphatic heterocycles. The van der Waals surface area contributed by atoms with Crippen LogP contribution in [0.3, 0.4) is 0 Å². The van der Waals surface area contributed by atoms with Crippen molar-refractivity contribution in [2.75, 3.05) is 0 Å². The van der Waals surface area contributed by atoms with Gasteiger partial charge in [-0.2, -0.15) is 0 Å². The van der Waals surface area contributed by atoms with Crippen molar-refractivity contribution in [3.05, 3.63) is 71.3 Å². The number of allylic oxidation sites excluding steroid dienone is 5. The van der Waals surface area contributed by atoms with Gasteiger partial charge in [-0.15, -0.1) is 0 Å². The van der Waals surface area contributed by atoms with Crippen molar-refractivity contribution in [3.63, 3.8) is 0 Å². The van der Waals surface area contributed by atoms with E-state index in [2.05, 4.69) is 65.8 Å². The molecule has 200 valence electrons. The zero-order chi connectivity index (χ0) is 26.4. The van der Waals surface area contributed by atoms with E-state index < -0.39 is 0 Å². The van der Waals surface area contributed by atoms with Gasteiger partial charge in [0, 0.05) is 6.42 Å². The van der Waals surface area contributed by atoms with E-state index in [0.717, 1.165) is 31.1 Å². The Morgan fingerprint density at radius 1 is 0.919 bits per heavy atom. The molecular weight excluding hydrogens is 452 g/mol. The highest BCUT2D eigenvalue weighted by atomic mass is 16.5. The van der Waals surface area contributed by atoms with E-state index in [0.29, 0.717) is 34.7 Å². The minimum atomic E-state index is -0.182. The molecule has 2 nitrogen and oxygen atoms in total. The van der Waals surface area contributed by atoms with Crippen molar-refractivity contribution in [1.82, 2.24) is 0 Å². The van der Waals surface area contributed by atoms with Crippen molar-refractivity contribution in [3.8, 4) is 0 Å². The lowest BCUT2D eigenvalue weighted by Gasteiger charge is -2.55. The minimum absolute atomic E-state index is 0.00688. The summed E-state index contributed by atoms with van der Waals surface area (Å²) in [4.78, 5) is 12.7. The fourth-order valence-corrected chi connectivity index (χ4v) is 8.47. The minimum Gasteiger partial charge on any atom is -0.458 e. The number of benzene rings is 1. The average Bonchev–Trinajstić information content (AvgIpc) is 3.25. The maximum Gasteiger partial charge on any atom is 0.338 e. The monoisotopic (exact) mass is 500 g/mol.